The topological polar surface area (TPSA) is 86.3 Å². The number of benzene rings is 1. The third kappa shape index (κ3) is 4.51. The molecule has 1 aromatic rings. The van der Waals surface area contributed by atoms with Crippen LogP contribution >= 0.6 is 15.9 Å². The van der Waals surface area contributed by atoms with Gasteiger partial charge in [-0.25, -0.2) is 0 Å². The molecule has 7 heteroatoms. The van der Waals surface area contributed by atoms with Gasteiger partial charge in [-0.15, -0.1) is 0 Å². The van der Waals surface area contributed by atoms with Crippen molar-refractivity contribution >= 4 is 27.9 Å². The van der Waals surface area contributed by atoms with Crippen molar-refractivity contribution < 1.29 is 14.3 Å². The Hall–Kier alpha value is -2.51. The van der Waals surface area contributed by atoms with Gasteiger partial charge in [0.05, 0.1) is 11.6 Å². The number of hydrogen-bond donors (Lipinski definition) is 0. The highest BCUT2D eigenvalue weighted by Crippen LogP contribution is 2.37. The van der Waals surface area contributed by atoms with Crippen LogP contribution in [0.2, 0.25) is 0 Å². The van der Waals surface area contributed by atoms with E-state index in [2.05, 4.69) is 15.9 Å². The van der Waals surface area contributed by atoms with Crippen LogP contribution in [0.1, 0.15) is 5.56 Å². The number of hydrogen-bond acceptors (Lipinski definition) is 5. The molecule has 0 fully saturated rings. The lowest BCUT2D eigenvalue weighted by Crippen LogP contribution is -2.27. The van der Waals surface area contributed by atoms with Crippen molar-refractivity contribution in [3.63, 3.8) is 0 Å². The molecule has 0 radical (unpaired) electrons. The number of halogens is 1. The number of methoxy groups -OCH3 is 1. The Labute approximate surface area is 137 Å². The van der Waals surface area contributed by atoms with E-state index in [-0.39, 0.29) is 18.1 Å². The molecule has 1 aromatic carbocycles. The van der Waals surface area contributed by atoms with Crippen LogP contribution in [0, 0.1) is 22.7 Å². The van der Waals surface area contributed by atoms with Crippen LogP contribution in [0.3, 0.4) is 0 Å². The van der Waals surface area contributed by atoms with E-state index < -0.39 is 0 Å². The van der Waals surface area contributed by atoms with E-state index in [9.17, 15) is 4.79 Å². The lowest BCUT2D eigenvalue weighted by Gasteiger charge is -2.15. The number of nitrogens with zero attached hydrogens (tertiary/aromatic N) is 3. The zero-order valence-electron chi connectivity index (χ0n) is 12.4. The van der Waals surface area contributed by atoms with Gasteiger partial charge in [0.2, 0.25) is 0 Å². The number of carbonyl (C=O) groups is 1. The normalized spacial score (nSPS) is 9.18. The Kier molecular flexibility index (Phi) is 6.43. The quantitative estimate of drug-likeness (QED) is 0.749. The number of likely N-dealkylation sites (N-methyl/N-ethyl adjacent to an activating group) is 1. The molecule has 114 valence electrons. The number of amides is 1. The summed E-state index contributed by atoms with van der Waals surface area (Å²) < 4.78 is 11.3. The molecular weight excluding hydrogens is 350 g/mol. The molecule has 0 saturated heterocycles. The summed E-state index contributed by atoms with van der Waals surface area (Å²) in [6, 6.07) is 6.87. The molecule has 1 rings (SSSR count). The highest BCUT2D eigenvalue weighted by molar-refractivity contribution is 9.10. The number of carbonyl (C=O) groups excluding carboxylic acids is 1. The Morgan fingerprint density at radius 2 is 2.00 bits per heavy atom. The molecule has 0 saturated carbocycles. The summed E-state index contributed by atoms with van der Waals surface area (Å²) in [6.45, 7) is -0.126. The predicted molar refractivity (Wildman–Crippen MR) is 84.1 cm³/mol. The number of allylic oxidation sites excluding steroid dienone is 1. The van der Waals surface area contributed by atoms with E-state index in [1.54, 1.807) is 38.4 Å². The molecular formula is C15H14BrN3O3. The molecule has 0 aliphatic rings. The summed E-state index contributed by atoms with van der Waals surface area (Å²) in [6.07, 6.45) is 1.43. The first-order valence-electron chi connectivity index (χ1n) is 6.15. The Balaban J connectivity index is 3.12. The average Bonchev–Trinajstić information content (AvgIpc) is 2.50. The van der Waals surface area contributed by atoms with Gasteiger partial charge in [0.1, 0.15) is 17.7 Å². The molecule has 22 heavy (non-hydrogen) atoms. The molecule has 0 atom stereocenters. The maximum absolute atomic E-state index is 11.6. The molecule has 0 N–H and O–H groups in total. The van der Waals surface area contributed by atoms with E-state index >= 15 is 0 Å². The summed E-state index contributed by atoms with van der Waals surface area (Å²) in [7, 11) is 4.74. The van der Waals surface area contributed by atoms with Crippen molar-refractivity contribution in [2.24, 2.45) is 0 Å². The molecule has 0 bridgehead atoms. The summed E-state index contributed by atoms with van der Waals surface area (Å²) >= 11 is 3.33. The van der Waals surface area contributed by atoms with E-state index in [0.29, 0.717) is 21.5 Å². The van der Waals surface area contributed by atoms with Crippen molar-refractivity contribution in [3.8, 4) is 23.6 Å². The van der Waals surface area contributed by atoms with Gasteiger partial charge < -0.3 is 14.4 Å². The Morgan fingerprint density at radius 1 is 1.36 bits per heavy atom. The minimum atomic E-state index is -0.186. The van der Waals surface area contributed by atoms with Gasteiger partial charge in [-0.1, -0.05) is 0 Å². The molecule has 0 unspecified atom stereocenters. The minimum absolute atomic E-state index is 0.0228. The monoisotopic (exact) mass is 363 g/mol. The fraction of sp³-hybridized carbons (Fsp3) is 0.267. The van der Waals surface area contributed by atoms with Crippen molar-refractivity contribution in [1.29, 1.82) is 10.5 Å². The Morgan fingerprint density at radius 3 is 2.50 bits per heavy atom. The summed E-state index contributed by atoms with van der Waals surface area (Å²) in [5, 5.41) is 17.6. The third-order valence-corrected chi connectivity index (χ3v) is 3.23. The van der Waals surface area contributed by atoms with E-state index in [1.165, 1.54) is 18.1 Å². The van der Waals surface area contributed by atoms with Gasteiger partial charge in [0.25, 0.3) is 5.91 Å². The predicted octanol–water partition coefficient (Wildman–Crippen LogP) is 2.36. The fourth-order valence-electron chi connectivity index (χ4n) is 1.48. The first-order valence-corrected chi connectivity index (χ1v) is 6.94. The van der Waals surface area contributed by atoms with Crippen molar-refractivity contribution in [2.75, 3.05) is 27.8 Å². The van der Waals surface area contributed by atoms with Gasteiger partial charge in [-0.05, 0) is 39.7 Å². The summed E-state index contributed by atoms with van der Waals surface area (Å²) in [4.78, 5) is 13.0. The van der Waals surface area contributed by atoms with Crippen molar-refractivity contribution in [3.05, 3.63) is 27.7 Å². The molecule has 0 aliphatic carbocycles. The smallest absolute Gasteiger partial charge is 0.259 e. The second-order valence-electron chi connectivity index (χ2n) is 4.39. The zero-order chi connectivity index (χ0) is 16.7. The van der Waals surface area contributed by atoms with E-state index in [0.717, 1.165) is 0 Å². The Bertz CT molecular complexity index is 668. The van der Waals surface area contributed by atoms with Crippen molar-refractivity contribution in [2.45, 2.75) is 0 Å². The zero-order valence-corrected chi connectivity index (χ0v) is 14.0. The number of rotatable bonds is 5. The SMILES string of the molecule is COc1cc(C=C(C#N)C#N)cc(Br)c1OCC(=O)N(C)C. The fourth-order valence-corrected chi connectivity index (χ4v) is 2.06. The van der Waals surface area contributed by atoms with Crippen LogP contribution in [0.4, 0.5) is 0 Å². The highest BCUT2D eigenvalue weighted by Gasteiger charge is 2.14. The first-order chi connectivity index (χ1) is 10.4. The average molecular weight is 364 g/mol. The highest BCUT2D eigenvalue weighted by atomic mass is 79.9. The second kappa shape index (κ2) is 8.06. The van der Waals surface area contributed by atoms with Crippen LogP contribution in [0.25, 0.3) is 6.08 Å². The van der Waals surface area contributed by atoms with Gasteiger partial charge >= 0.3 is 0 Å². The minimum Gasteiger partial charge on any atom is -0.493 e. The number of nitriles is 2. The van der Waals surface area contributed by atoms with Gasteiger partial charge in [-0.3, -0.25) is 4.79 Å². The first kappa shape index (κ1) is 17.5. The molecule has 1 amide bonds. The van der Waals surface area contributed by atoms with Crippen LogP contribution in [-0.4, -0.2) is 38.6 Å². The van der Waals surface area contributed by atoms with Crippen molar-refractivity contribution in [1.82, 2.24) is 4.90 Å². The van der Waals surface area contributed by atoms with Gasteiger partial charge in [0, 0.05) is 14.1 Å². The standard InChI is InChI=1S/C15H14BrN3O3/c1-19(2)14(20)9-22-15-12(16)5-10(6-13(15)21-3)4-11(7-17)8-18/h4-6H,9H2,1-3H3. The molecule has 0 aliphatic heterocycles. The van der Waals surface area contributed by atoms with Crippen LogP contribution in [0.15, 0.2) is 22.2 Å². The summed E-state index contributed by atoms with van der Waals surface area (Å²) in [5.74, 6) is 0.585. The lowest BCUT2D eigenvalue weighted by molar-refractivity contribution is -0.130. The molecule has 0 spiro atoms. The van der Waals surface area contributed by atoms with Gasteiger partial charge in [-0.2, -0.15) is 10.5 Å². The number of ether oxygens (including phenoxy) is 2. The van der Waals surface area contributed by atoms with Crippen LogP contribution in [-0.2, 0) is 4.79 Å². The summed E-state index contributed by atoms with van der Waals surface area (Å²) in [5.41, 5.74) is 0.582. The molecule has 6 nitrogen and oxygen atoms in total. The maximum Gasteiger partial charge on any atom is 0.259 e. The van der Waals surface area contributed by atoms with Crippen LogP contribution in [0.5, 0.6) is 11.5 Å². The molecule has 0 aromatic heterocycles. The molecule has 0 heterocycles. The lowest BCUT2D eigenvalue weighted by atomic mass is 10.1. The van der Waals surface area contributed by atoms with E-state index in [4.69, 9.17) is 20.0 Å². The van der Waals surface area contributed by atoms with Gasteiger partial charge in [0.15, 0.2) is 18.1 Å². The third-order valence-electron chi connectivity index (χ3n) is 2.64. The largest absolute Gasteiger partial charge is 0.493 e. The maximum atomic E-state index is 11.6. The van der Waals surface area contributed by atoms with Crippen LogP contribution < -0.4 is 9.47 Å². The van der Waals surface area contributed by atoms with E-state index in [1.807, 2.05) is 0 Å². The second-order valence-corrected chi connectivity index (χ2v) is 5.25.